The van der Waals surface area contributed by atoms with Gasteiger partial charge in [0.05, 0.1) is 11.6 Å². The molecule has 2 aromatic rings. The van der Waals surface area contributed by atoms with Crippen molar-refractivity contribution in [1.82, 2.24) is 0 Å². The first-order valence-corrected chi connectivity index (χ1v) is 16.2. The van der Waals surface area contributed by atoms with E-state index in [0.717, 1.165) is 24.3 Å². The van der Waals surface area contributed by atoms with Gasteiger partial charge in [0.25, 0.3) is 11.9 Å². The second kappa shape index (κ2) is 16.9. The Morgan fingerprint density at radius 3 is 1.69 bits per heavy atom. The van der Waals surface area contributed by atoms with Crippen LogP contribution in [0.3, 0.4) is 0 Å². The Balaban J connectivity index is 1.46. The van der Waals surface area contributed by atoms with E-state index in [1.165, 1.54) is 12.1 Å². The minimum Gasteiger partial charge on any atom is -0.571 e. The van der Waals surface area contributed by atoms with Gasteiger partial charge in [-0.2, -0.15) is 0 Å². The van der Waals surface area contributed by atoms with Crippen LogP contribution >= 0.6 is 0 Å². The van der Waals surface area contributed by atoms with Crippen molar-refractivity contribution in [3.63, 3.8) is 0 Å². The molecule has 0 aliphatic carbocycles. The normalized spacial score (nSPS) is 30.1. The Kier molecular flexibility index (Phi) is 12.5. The fourth-order valence-corrected chi connectivity index (χ4v) is 5.68. The lowest BCUT2D eigenvalue weighted by Crippen LogP contribution is -2.60. The average molecular weight is 786 g/mol. The lowest BCUT2D eigenvalue weighted by Gasteiger charge is -2.41. The molecule has 0 amide bonds. The Bertz CT molecular complexity index is 1790. The monoisotopic (exact) mass is 785 g/mol. The van der Waals surface area contributed by atoms with Crippen molar-refractivity contribution in [2.45, 2.75) is 80.4 Å². The summed E-state index contributed by atoms with van der Waals surface area (Å²) < 4.78 is 37.1. The molecule has 5 rings (SSSR count). The smallest absolute Gasteiger partial charge is 0.317 e. The summed E-state index contributed by atoms with van der Waals surface area (Å²) in [6.45, 7) is -1.55. The second-order valence-electron chi connectivity index (χ2n) is 12.5. The number of aliphatic carboxylic acids is 2. The standard InChI is InChI=1S/C33H36O22/c34-12-4-16-13(17(5-12)52-32-29(47)27(45)25(43)19(54-32)9-49-23(41)7-21(37)38)6-18(31(51-16)11-1-2-14(35)15(36)3-11)53-33-30(48)28(46)26(44)20(55-33)10-50-24(42)8-22(39)40/h1-6,19-20,25-36,43-48H,7-10H2,(H,37,38)(H,39,40)/p+1. The van der Waals surface area contributed by atoms with E-state index in [0.29, 0.717) is 0 Å². The maximum Gasteiger partial charge on any atom is 0.317 e. The molecule has 0 aromatic heterocycles. The van der Waals surface area contributed by atoms with Crippen LogP contribution in [0.5, 0.6) is 28.7 Å². The SMILES string of the molecule is O=C(O)CC(=O)OCC1OC(OC2=Cc3c(OC4OC(COC(=O)CC(=O)O)C(O)C(O)C4O)cc(O)cc3[OH+]C2c2ccc(O)c(O)c2)C(O)C(O)C1O. The predicted molar refractivity (Wildman–Crippen MR) is 172 cm³/mol. The predicted octanol–water partition coefficient (Wildman–Crippen LogP) is -2.81. The highest BCUT2D eigenvalue weighted by atomic mass is 16.7. The molecule has 300 valence electrons. The van der Waals surface area contributed by atoms with E-state index < -0.39 is 135 Å². The average Bonchev–Trinajstić information content (AvgIpc) is 3.11. The van der Waals surface area contributed by atoms with Crippen molar-refractivity contribution in [1.29, 1.82) is 0 Å². The molecule has 0 radical (unpaired) electrons. The van der Waals surface area contributed by atoms with Crippen molar-refractivity contribution in [2.75, 3.05) is 13.2 Å². The highest BCUT2D eigenvalue weighted by molar-refractivity contribution is 5.90. The third kappa shape index (κ3) is 9.44. The molecule has 55 heavy (non-hydrogen) atoms. The van der Waals surface area contributed by atoms with E-state index in [4.69, 9.17) is 38.6 Å². The van der Waals surface area contributed by atoms with Gasteiger partial charge >= 0.3 is 23.9 Å². The number of phenolic OH excluding ortho intramolecular Hbond substituents is 3. The molecule has 2 saturated heterocycles. The van der Waals surface area contributed by atoms with E-state index in [2.05, 4.69) is 4.74 Å². The summed E-state index contributed by atoms with van der Waals surface area (Å²) in [6.07, 6.45) is -20.5. The lowest BCUT2D eigenvalue weighted by atomic mass is 9.98. The van der Waals surface area contributed by atoms with Crippen LogP contribution in [0, 0.1) is 0 Å². The number of esters is 2. The molecule has 12 N–H and O–H groups in total. The summed E-state index contributed by atoms with van der Waals surface area (Å²) in [5, 5.41) is 112. The number of fused-ring (bicyclic) bond motifs is 1. The van der Waals surface area contributed by atoms with E-state index in [-0.39, 0.29) is 28.4 Å². The summed E-state index contributed by atoms with van der Waals surface area (Å²) >= 11 is 0. The molecule has 11 atom stereocenters. The molecule has 22 nitrogen and oxygen atoms in total. The van der Waals surface area contributed by atoms with Crippen LogP contribution in [0.2, 0.25) is 0 Å². The highest BCUT2D eigenvalue weighted by Gasteiger charge is 2.49. The van der Waals surface area contributed by atoms with Crippen LogP contribution in [-0.2, 0) is 42.9 Å². The highest BCUT2D eigenvalue weighted by Crippen LogP contribution is 2.47. The van der Waals surface area contributed by atoms with Crippen LogP contribution in [-0.4, -0.2) is 159 Å². The van der Waals surface area contributed by atoms with Crippen molar-refractivity contribution < 1.29 is 109 Å². The molecule has 11 unspecified atom stereocenters. The zero-order valence-corrected chi connectivity index (χ0v) is 28.1. The quantitative estimate of drug-likeness (QED) is 0.0422. The topological polar surface area (TPSA) is 359 Å². The van der Waals surface area contributed by atoms with Crippen molar-refractivity contribution >= 4 is 30.0 Å². The summed E-state index contributed by atoms with van der Waals surface area (Å²) in [5.74, 6) is -7.53. The molecule has 2 fully saturated rings. The van der Waals surface area contributed by atoms with Crippen LogP contribution in [0.4, 0.5) is 0 Å². The van der Waals surface area contributed by atoms with Gasteiger partial charge in [0.15, 0.2) is 17.3 Å². The molecule has 3 aliphatic heterocycles. The number of benzene rings is 2. The van der Waals surface area contributed by atoms with Crippen LogP contribution in [0.25, 0.3) is 6.08 Å². The number of hydrogen-bond acceptors (Lipinski definition) is 19. The van der Waals surface area contributed by atoms with Gasteiger partial charge in [-0.1, -0.05) is 0 Å². The fraction of sp³-hybridized carbons (Fsp3) is 0.455. The Hall–Kier alpha value is -5.46. The maximum absolute atomic E-state index is 11.8. The zero-order chi connectivity index (χ0) is 40.3. The number of carbonyl (C=O) groups is 4. The number of carbonyl (C=O) groups excluding carboxylic acids is 2. The minimum atomic E-state index is -1.98. The Morgan fingerprint density at radius 1 is 0.655 bits per heavy atom. The largest absolute Gasteiger partial charge is 0.571 e. The van der Waals surface area contributed by atoms with Crippen LogP contribution in [0.1, 0.15) is 30.1 Å². The number of aliphatic hydroxyl groups excluding tert-OH is 6. The number of carboxylic acids is 2. The number of phenols is 3. The molecule has 0 saturated carbocycles. The summed E-state index contributed by atoms with van der Waals surface area (Å²) in [5.41, 5.74) is 0.115. The van der Waals surface area contributed by atoms with Gasteiger partial charge in [0.2, 0.25) is 12.6 Å². The van der Waals surface area contributed by atoms with Gasteiger partial charge < -0.3 is 89.3 Å². The van der Waals surface area contributed by atoms with Gasteiger partial charge in [0, 0.05) is 12.1 Å². The minimum absolute atomic E-state index is 0.0297. The number of ether oxygens (including phenoxy) is 7. The first-order chi connectivity index (χ1) is 25.9. The first-order valence-electron chi connectivity index (χ1n) is 16.2. The third-order valence-corrected chi connectivity index (χ3v) is 8.49. The number of rotatable bonds is 13. The molecule has 0 bridgehead atoms. The van der Waals surface area contributed by atoms with Crippen molar-refractivity contribution in [2.24, 2.45) is 0 Å². The zero-order valence-electron chi connectivity index (χ0n) is 28.1. The maximum atomic E-state index is 11.8. The van der Waals surface area contributed by atoms with E-state index in [9.17, 15) is 65.1 Å². The van der Waals surface area contributed by atoms with Gasteiger partial charge in [-0.3, -0.25) is 19.2 Å². The first kappa shape index (κ1) is 40.7. The summed E-state index contributed by atoms with van der Waals surface area (Å²) in [7, 11) is 0. The van der Waals surface area contributed by atoms with E-state index >= 15 is 0 Å². The second-order valence-corrected chi connectivity index (χ2v) is 12.5. The number of aromatic hydroxyl groups is 4. The van der Waals surface area contributed by atoms with Crippen LogP contribution < -0.4 is 4.74 Å². The summed E-state index contributed by atoms with van der Waals surface area (Å²) in [6, 6.07) is 5.75. The molecule has 3 aliphatic rings. The van der Waals surface area contributed by atoms with Crippen LogP contribution in [0.15, 0.2) is 36.1 Å². The molecular formula is C33H37O22+. The molecule has 2 aromatic carbocycles. The van der Waals surface area contributed by atoms with E-state index in [1.54, 1.807) is 0 Å². The van der Waals surface area contributed by atoms with Gasteiger partial charge in [-0.05, 0) is 18.2 Å². The van der Waals surface area contributed by atoms with Gasteiger partial charge in [0.1, 0.15) is 91.9 Å². The molecule has 3 heterocycles. The molecular weight excluding hydrogens is 748 g/mol. The fourth-order valence-electron chi connectivity index (χ4n) is 5.68. The number of hydrogen-bond donors (Lipinski definition) is 11. The van der Waals surface area contributed by atoms with Crippen molar-refractivity contribution in [3.05, 3.63) is 47.2 Å². The number of carboxylic acid groups (broad SMARTS) is 2. The van der Waals surface area contributed by atoms with E-state index in [1.807, 2.05) is 0 Å². The number of aliphatic hydroxyl groups is 7. The third-order valence-electron chi connectivity index (χ3n) is 8.49. The van der Waals surface area contributed by atoms with Crippen molar-refractivity contribution in [3.8, 4) is 28.7 Å². The van der Waals surface area contributed by atoms with Gasteiger partial charge in [-0.25, -0.2) is 0 Å². The van der Waals surface area contributed by atoms with Gasteiger partial charge in [-0.15, -0.1) is 0 Å². The molecule has 22 heteroatoms. The summed E-state index contributed by atoms with van der Waals surface area (Å²) in [4.78, 5) is 45.2. The Labute approximate surface area is 308 Å². The Morgan fingerprint density at radius 2 is 1.18 bits per heavy atom. The molecule has 0 spiro atoms. The lowest BCUT2D eigenvalue weighted by molar-refractivity contribution is -0.296.